The highest BCUT2D eigenvalue weighted by atomic mass is 16.3. The van der Waals surface area contributed by atoms with E-state index in [9.17, 15) is 9.90 Å². The molecule has 4 nitrogen and oxygen atoms in total. The fraction of sp³-hybridized carbons (Fsp3) is 0.600. The number of rotatable bonds is 4. The minimum absolute atomic E-state index is 0.123. The summed E-state index contributed by atoms with van der Waals surface area (Å²) in [6.07, 6.45) is 3.32. The molecule has 0 saturated carbocycles. The van der Waals surface area contributed by atoms with Gasteiger partial charge in [-0.3, -0.25) is 9.36 Å². The average Bonchev–Trinajstić information content (AvgIpc) is 2.20. The summed E-state index contributed by atoms with van der Waals surface area (Å²) in [5, 5.41) is 9.71. The summed E-state index contributed by atoms with van der Waals surface area (Å²) in [4.78, 5) is 15.1. The molecule has 0 aliphatic heterocycles. The molecule has 0 aliphatic rings. The minimum Gasteiger partial charge on any atom is -0.391 e. The van der Waals surface area contributed by atoms with Gasteiger partial charge in [0.2, 0.25) is 0 Å². The topological polar surface area (TPSA) is 55.1 Å². The Morgan fingerprint density at radius 1 is 1.64 bits per heavy atom. The Hall–Kier alpha value is -1.16. The quantitative estimate of drug-likeness (QED) is 0.769. The van der Waals surface area contributed by atoms with Gasteiger partial charge in [-0.25, -0.2) is 4.98 Å². The van der Waals surface area contributed by atoms with Crippen molar-refractivity contribution in [2.45, 2.75) is 32.9 Å². The van der Waals surface area contributed by atoms with E-state index in [2.05, 4.69) is 4.98 Å². The number of nitrogens with zero attached hydrogens (tertiary/aromatic N) is 2. The van der Waals surface area contributed by atoms with Crippen LogP contribution in [-0.2, 0) is 6.54 Å². The zero-order valence-corrected chi connectivity index (χ0v) is 8.55. The SMILES string of the molecule is CCC(C)C(O)Cn1cnccc1=O. The molecule has 0 amide bonds. The van der Waals surface area contributed by atoms with Gasteiger partial charge in [0, 0.05) is 12.3 Å². The van der Waals surface area contributed by atoms with Gasteiger partial charge < -0.3 is 5.11 Å². The molecular formula is C10H16N2O2. The largest absolute Gasteiger partial charge is 0.391 e. The van der Waals surface area contributed by atoms with E-state index in [0.717, 1.165) is 6.42 Å². The molecule has 0 spiro atoms. The molecule has 4 heteroatoms. The Labute approximate surface area is 83.2 Å². The van der Waals surface area contributed by atoms with Crippen LogP contribution in [0.4, 0.5) is 0 Å². The van der Waals surface area contributed by atoms with Gasteiger partial charge in [0.25, 0.3) is 5.56 Å². The first-order valence-corrected chi connectivity index (χ1v) is 4.83. The lowest BCUT2D eigenvalue weighted by Gasteiger charge is -2.17. The molecule has 0 bridgehead atoms. The van der Waals surface area contributed by atoms with E-state index in [4.69, 9.17) is 0 Å². The molecule has 1 N–H and O–H groups in total. The van der Waals surface area contributed by atoms with Crippen molar-refractivity contribution in [1.29, 1.82) is 0 Å². The highest BCUT2D eigenvalue weighted by molar-refractivity contribution is 4.83. The van der Waals surface area contributed by atoms with E-state index in [0.29, 0.717) is 6.54 Å². The van der Waals surface area contributed by atoms with Crippen LogP contribution >= 0.6 is 0 Å². The molecule has 1 aromatic heterocycles. The van der Waals surface area contributed by atoms with Crippen molar-refractivity contribution < 1.29 is 5.11 Å². The molecule has 2 unspecified atom stereocenters. The van der Waals surface area contributed by atoms with Crippen LogP contribution in [0.1, 0.15) is 20.3 Å². The molecule has 0 aliphatic carbocycles. The van der Waals surface area contributed by atoms with Gasteiger partial charge in [0.15, 0.2) is 0 Å². The second kappa shape index (κ2) is 4.91. The van der Waals surface area contributed by atoms with Crippen molar-refractivity contribution in [1.82, 2.24) is 9.55 Å². The summed E-state index contributed by atoms with van der Waals surface area (Å²) >= 11 is 0. The monoisotopic (exact) mass is 196 g/mol. The van der Waals surface area contributed by atoms with E-state index in [1.54, 1.807) is 0 Å². The summed E-state index contributed by atoms with van der Waals surface area (Å²) in [5.74, 6) is 0.196. The molecule has 78 valence electrons. The van der Waals surface area contributed by atoms with Crippen LogP contribution in [0.5, 0.6) is 0 Å². The van der Waals surface area contributed by atoms with Gasteiger partial charge in [0.1, 0.15) is 0 Å². The third-order valence-corrected chi connectivity index (χ3v) is 2.48. The van der Waals surface area contributed by atoms with Crippen LogP contribution in [0.3, 0.4) is 0 Å². The Bertz CT molecular complexity index is 335. The van der Waals surface area contributed by atoms with Gasteiger partial charge in [-0.05, 0) is 5.92 Å². The van der Waals surface area contributed by atoms with Crippen LogP contribution in [0.15, 0.2) is 23.4 Å². The number of hydrogen-bond acceptors (Lipinski definition) is 3. The molecule has 2 atom stereocenters. The van der Waals surface area contributed by atoms with Crippen LogP contribution in [0.2, 0.25) is 0 Å². The van der Waals surface area contributed by atoms with Gasteiger partial charge >= 0.3 is 0 Å². The second-order valence-electron chi connectivity index (χ2n) is 3.52. The number of aliphatic hydroxyl groups excluding tert-OH is 1. The van der Waals surface area contributed by atoms with Gasteiger partial charge in [0.05, 0.1) is 19.0 Å². The predicted octanol–water partition coefficient (Wildman–Crippen LogP) is 0.650. The maximum atomic E-state index is 11.3. The molecule has 1 aromatic rings. The molecule has 0 radical (unpaired) electrons. The highest BCUT2D eigenvalue weighted by Crippen LogP contribution is 2.08. The lowest BCUT2D eigenvalue weighted by molar-refractivity contribution is 0.0952. The average molecular weight is 196 g/mol. The van der Waals surface area contributed by atoms with E-state index in [1.807, 2.05) is 13.8 Å². The second-order valence-corrected chi connectivity index (χ2v) is 3.52. The van der Waals surface area contributed by atoms with Gasteiger partial charge in [-0.15, -0.1) is 0 Å². The normalized spacial score (nSPS) is 15.1. The fourth-order valence-electron chi connectivity index (χ4n) is 1.17. The standard InChI is InChI=1S/C10H16N2O2/c1-3-8(2)9(13)6-12-7-11-5-4-10(12)14/h4-5,7-9,13H,3,6H2,1-2H3. The number of hydrogen-bond donors (Lipinski definition) is 1. The van der Waals surface area contributed by atoms with Crippen LogP contribution < -0.4 is 5.56 Å². The number of aliphatic hydroxyl groups is 1. The van der Waals surface area contributed by atoms with E-state index in [-0.39, 0.29) is 11.5 Å². The van der Waals surface area contributed by atoms with E-state index >= 15 is 0 Å². The first kappa shape index (κ1) is 10.9. The maximum Gasteiger partial charge on any atom is 0.253 e. The van der Waals surface area contributed by atoms with Crippen molar-refractivity contribution in [2.24, 2.45) is 5.92 Å². The van der Waals surface area contributed by atoms with E-state index in [1.165, 1.54) is 23.2 Å². The van der Waals surface area contributed by atoms with Crippen molar-refractivity contribution in [3.8, 4) is 0 Å². The van der Waals surface area contributed by atoms with Crippen LogP contribution in [0.25, 0.3) is 0 Å². The van der Waals surface area contributed by atoms with Crippen molar-refractivity contribution >= 4 is 0 Å². The van der Waals surface area contributed by atoms with Crippen molar-refractivity contribution in [2.75, 3.05) is 0 Å². The highest BCUT2D eigenvalue weighted by Gasteiger charge is 2.12. The molecule has 1 rings (SSSR count). The lowest BCUT2D eigenvalue weighted by Crippen LogP contribution is -2.29. The molecule has 0 saturated heterocycles. The minimum atomic E-state index is -0.484. The summed E-state index contributed by atoms with van der Waals surface area (Å²) < 4.78 is 1.43. The zero-order chi connectivity index (χ0) is 10.6. The first-order chi connectivity index (χ1) is 6.65. The first-order valence-electron chi connectivity index (χ1n) is 4.83. The summed E-state index contributed by atoms with van der Waals surface area (Å²) in [6, 6.07) is 1.39. The van der Waals surface area contributed by atoms with Crippen molar-refractivity contribution in [3.63, 3.8) is 0 Å². The van der Waals surface area contributed by atoms with Crippen LogP contribution in [-0.4, -0.2) is 20.8 Å². The van der Waals surface area contributed by atoms with Gasteiger partial charge in [-0.1, -0.05) is 20.3 Å². The Kier molecular flexibility index (Phi) is 3.83. The zero-order valence-electron chi connectivity index (χ0n) is 8.55. The lowest BCUT2D eigenvalue weighted by atomic mass is 10.0. The molecule has 0 fully saturated rings. The predicted molar refractivity (Wildman–Crippen MR) is 54.0 cm³/mol. The Balaban J connectivity index is 2.69. The summed E-state index contributed by atoms with van der Waals surface area (Å²) in [6.45, 7) is 4.30. The third-order valence-electron chi connectivity index (χ3n) is 2.48. The maximum absolute atomic E-state index is 11.3. The molecule has 14 heavy (non-hydrogen) atoms. The van der Waals surface area contributed by atoms with E-state index < -0.39 is 6.10 Å². The molecule has 0 aromatic carbocycles. The summed E-state index contributed by atoms with van der Waals surface area (Å²) in [7, 11) is 0. The molecule has 1 heterocycles. The van der Waals surface area contributed by atoms with Crippen molar-refractivity contribution in [3.05, 3.63) is 28.9 Å². The summed E-state index contributed by atoms with van der Waals surface area (Å²) in [5.41, 5.74) is -0.123. The number of aromatic nitrogens is 2. The molecular weight excluding hydrogens is 180 g/mol. The van der Waals surface area contributed by atoms with Gasteiger partial charge in [-0.2, -0.15) is 0 Å². The van der Waals surface area contributed by atoms with Crippen LogP contribution in [0, 0.1) is 5.92 Å². The third kappa shape index (κ3) is 2.67. The Morgan fingerprint density at radius 2 is 2.36 bits per heavy atom. The fourth-order valence-corrected chi connectivity index (χ4v) is 1.17. The smallest absolute Gasteiger partial charge is 0.253 e. The Morgan fingerprint density at radius 3 is 2.93 bits per heavy atom.